The topological polar surface area (TPSA) is 63.8 Å². The van der Waals surface area contributed by atoms with Crippen molar-refractivity contribution < 1.29 is 13.3 Å². The summed E-state index contributed by atoms with van der Waals surface area (Å²) >= 11 is 4.84. The molecule has 3 aromatic rings. The quantitative estimate of drug-likeness (QED) is 0.713. The van der Waals surface area contributed by atoms with E-state index in [1.54, 1.807) is 24.5 Å². The molecule has 0 aliphatic carbocycles. The minimum Gasteiger partial charge on any atom is -0.380 e. The standard InChI is InChI=1S/C15H11ClF2N4O/c16-15(17,18)14-21-13(22-23-14)11-5-3-10(4-6-11)8-20-12-2-1-7-19-9-12/h1-7,9,20H,8H2. The fraction of sp³-hybridized carbons (Fsp3) is 0.133. The summed E-state index contributed by atoms with van der Waals surface area (Å²) < 4.78 is 30.2. The predicted octanol–water partition coefficient (Wildman–Crippen LogP) is 4.03. The molecule has 118 valence electrons. The number of aromatic nitrogens is 3. The molecule has 0 aliphatic heterocycles. The maximum absolute atomic E-state index is 12.9. The van der Waals surface area contributed by atoms with E-state index in [1.165, 1.54) is 0 Å². The van der Waals surface area contributed by atoms with Crippen molar-refractivity contribution in [2.75, 3.05) is 5.32 Å². The number of pyridine rings is 1. The second kappa shape index (κ2) is 6.29. The normalized spacial score (nSPS) is 11.4. The van der Waals surface area contributed by atoms with E-state index in [-0.39, 0.29) is 5.82 Å². The fourth-order valence-electron chi connectivity index (χ4n) is 1.90. The van der Waals surface area contributed by atoms with Crippen molar-refractivity contribution in [1.82, 2.24) is 15.1 Å². The summed E-state index contributed by atoms with van der Waals surface area (Å²) in [4.78, 5) is 7.60. The van der Waals surface area contributed by atoms with Crippen molar-refractivity contribution in [2.45, 2.75) is 11.9 Å². The summed E-state index contributed by atoms with van der Waals surface area (Å²) in [5, 5.41) is 3.05. The van der Waals surface area contributed by atoms with Crippen LogP contribution in [0.25, 0.3) is 11.4 Å². The summed E-state index contributed by atoms with van der Waals surface area (Å²) in [5.41, 5.74) is 2.47. The Morgan fingerprint density at radius 2 is 1.96 bits per heavy atom. The molecule has 1 N–H and O–H groups in total. The number of nitrogens with one attached hydrogen (secondary N) is 1. The molecule has 3 rings (SSSR count). The van der Waals surface area contributed by atoms with Gasteiger partial charge in [0.15, 0.2) is 0 Å². The first-order valence-electron chi connectivity index (χ1n) is 6.66. The lowest BCUT2D eigenvalue weighted by molar-refractivity contribution is 0.0551. The first-order chi connectivity index (χ1) is 11.0. The molecule has 0 atom stereocenters. The SMILES string of the molecule is FC(F)(Cl)c1nc(-c2ccc(CNc3cccnc3)cc2)no1. The molecule has 1 aromatic carbocycles. The summed E-state index contributed by atoms with van der Waals surface area (Å²) in [6.07, 6.45) is 3.42. The van der Waals surface area contributed by atoms with Gasteiger partial charge in [-0.3, -0.25) is 4.98 Å². The number of hydrogen-bond acceptors (Lipinski definition) is 5. The van der Waals surface area contributed by atoms with Crippen molar-refractivity contribution in [2.24, 2.45) is 0 Å². The molecule has 5 nitrogen and oxygen atoms in total. The van der Waals surface area contributed by atoms with Gasteiger partial charge in [-0.1, -0.05) is 29.4 Å². The Bertz CT molecular complexity index is 772. The third-order valence-electron chi connectivity index (χ3n) is 3.04. The summed E-state index contributed by atoms with van der Waals surface area (Å²) in [5.74, 6) is -0.858. The average Bonchev–Trinajstić information content (AvgIpc) is 3.05. The number of alkyl halides is 3. The van der Waals surface area contributed by atoms with Gasteiger partial charge in [-0.15, -0.1) is 0 Å². The van der Waals surface area contributed by atoms with Gasteiger partial charge >= 0.3 is 11.3 Å². The molecule has 0 saturated carbocycles. The van der Waals surface area contributed by atoms with Crippen LogP contribution in [-0.2, 0) is 11.9 Å². The number of rotatable bonds is 5. The van der Waals surface area contributed by atoms with E-state index in [9.17, 15) is 8.78 Å². The van der Waals surface area contributed by atoms with Crippen LogP contribution in [0.3, 0.4) is 0 Å². The molecule has 0 amide bonds. The summed E-state index contributed by atoms with van der Waals surface area (Å²) in [6.45, 7) is 0.600. The number of anilines is 1. The van der Waals surface area contributed by atoms with E-state index >= 15 is 0 Å². The second-order valence-corrected chi connectivity index (χ2v) is 5.19. The van der Waals surface area contributed by atoms with Crippen LogP contribution in [-0.4, -0.2) is 15.1 Å². The molecule has 0 spiro atoms. The van der Waals surface area contributed by atoms with Crippen molar-refractivity contribution >= 4 is 17.3 Å². The molecular formula is C15H11ClF2N4O. The van der Waals surface area contributed by atoms with Crippen LogP contribution in [0.2, 0.25) is 0 Å². The zero-order valence-corrected chi connectivity index (χ0v) is 12.5. The lowest BCUT2D eigenvalue weighted by Gasteiger charge is -2.06. The van der Waals surface area contributed by atoms with Gasteiger partial charge in [-0.05, 0) is 29.3 Å². The summed E-state index contributed by atoms with van der Waals surface area (Å²) in [7, 11) is 0. The van der Waals surface area contributed by atoms with E-state index in [2.05, 4.69) is 25.0 Å². The smallest absolute Gasteiger partial charge is 0.380 e. The average molecular weight is 337 g/mol. The van der Waals surface area contributed by atoms with Crippen LogP contribution < -0.4 is 5.32 Å². The predicted molar refractivity (Wildman–Crippen MR) is 81.0 cm³/mol. The molecule has 0 bridgehead atoms. The van der Waals surface area contributed by atoms with E-state index in [0.717, 1.165) is 11.3 Å². The highest BCUT2D eigenvalue weighted by molar-refractivity contribution is 6.21. The Morgan fingerprint density at radius 1 is 1.17 bits per heavy atom. The zero-order chi connectivity index (χ0) is 16.3. The van der Waals surface area contributed by atoms with Gasteiger partial charge in [-0.25, -0.2) is 0 Å². The molecule has 8 heteroatoms. The van der Waals surface area contributed by atoms with Crippen LogP contribution in [0.5, 0.6) is 0 Å². The van der Waals surface area contributed by atoms with Crippen LogP contribution in [0.15, 0.2) is 53.3 Å². The Hall–Kier alpha value is -2.54. The number of hydrogen-bond donors (Lipinski definition) is 1. The maximum atomic E-state index is 12.9. The molecule has 2 heterocycles. The van der Waals surface area contributed by atoms with E-state index in [4.69, 9.17) is 11.6 Å². The van der Waals surface area contributed by atoms with Crippen molar-refractivity contribution in [3.05, 3.63) is 60.2 Å². The van der Waals surface area contributed by atoms with Crippen LogP contribution in [0.4, 0.5) is 14.5 Å². The molecule has 0 aliphatic rings. The fourth-order valence-corrected chi connectivity index (χ4v) is 1.98. The van der Waals surface area contributed by atoms with Crippen molar-refractivity contribution in [1.29, 1.82) is 0 Å². The van der Waals surface area contributed by atoms with Gasteiger partial charge in [0.25, 0.3) is 0 Å². The first-order valence-corrected chi connectivity index (χ1v) is 7.04. The number of halogens is 3. The minimum absolute atomic E-state index is 0.0621. The third kappa shape index (κ3) is 3.81. The third-order valence-corrected chi connectivity index (χ3v) is 3.20. The molecule has 0 saturated heterocycles. The Labute approximate surface area is 135 Å². The highest BCUT2D eigenvalue weighted by atomic mass is 35.5. The molecular weight excluding hydrogens is 326 g/mol. The lowest BCUT2D eigenvalue weighted by Crippen LogP contribution is -2.03. The monoisotopic (exact) mass is 336 g/mol. The first kappa shape index (κ1) is 15.4. The Kier molecular flexibility index (Phi) is 4.20. The molecule has 23 heavy (non-hydrogen) atoms. The van der Waals surface area contributed by atoms with E-state index in [0.29, 0.717) is 12.1 Å². The summed E-state index contributed by atoms with van der Waals surface area (Å²) in [6, 6.07) is 10.9. The molecule has 0 radical (unpaired) electrons. The molecule has 2 aromatic heterocycles. The van der Waals surface area contributed by atoms with Crippen LogP contribution in [0.1, 0.15) is 11.5 Å². The highest BCUT2D eigenvalue weighted by Crippen LogP contribution is 2.32. The van der Waals surface area contributed by atoms with E-state index < -0.39 is 11.3 Å². The van der Waals surface area contributed by atoms with Gasteiger partial charge in [0, 0.05) is 24.5 Å². The van der Waals surface area contributed by atoms with Crippen LogP contribution >= 0.6 is 11.6 Å². The molecule has 0 fully saturated rings. The van der Waals surface area contributed by atoms with Gasteiger partial charge in [0.2, 0.25) is 5.82 Å². The maximum Gasteiger partial charge on any atom is 0.400 e. The molecule has 0 unspecified atom stereocenters. The van der Waals surface area contributed by atoms with Crippen LogP contribution in [0, 0.1) is 0 Å². The number of nitrogens with zero attached hydrogens (tertiary/aromatic N) is 3. The van der Waals surface area contributed by atoms with E-state index in [1.807, 2.05) is 24.3 Å². The van der Waals surface area contributed by atoms with Gasteiger partial charge in [-0.2, -0.15) is 13.8 Å². The van der Waals surface area contributed by atoms with Gasteiger partial charge in [0.05, 0.1) is 5.69 Å². The van der Waals surface area contributed by atoms with Crippen molar-refractivity contribution in [3.8, 4) is 11.4 Å². The zero-order valence-electron chi connectivity index (χ0n) is 11.7. The Balaban J connectivity index is 1.68. The number of benzene rings is 1. The largest absolute Gasteiger partial charge is 0.400 e. The lowest BCUT2D eigenvalue weighted by atomic mass is 10.1. The van der Waals surface area contributed by atoms with Gasteiger partial charge < -0.3 is 9.84 Å². The second-order valence-electron chi connectivity index (χ2n) is 4.71. The Morgan fingerprint density at radius 3 is 2.57 bits per heavy atom. The van der Waals surface area contributed by atoms with Gasteiger partial charge in [0.1, 0.15) is 0 Å². The van der Waals surface area contributed by atoms with Crippen molar-refractivity contribution in [3.63, 3.8) is 0 Å². The highest BCUT2D eigenvalue weighted by Gasteiger charge is 2.35. The minimum atomic E-state index is -3.67.